The van der Waals surface area contributed by atoms with Crippen molar-refractivity contribution < 1.29 is 27.5 Å². The van der Waals surface area contributed by atoms with Crippen LogP contribution in [0.2, 0.25) is 0 Å². The van der Waals surface area contributed by atoms with E-state index in [1.165, 1.54) is 18.2 Å². The number of hydrogen-bond acceptors (Lipinski definition) is 5. The maximum Gasteiger partial charge on any atom is 0.416 e. The number of halogens is 3. The predicted octanol–water partition coefficient (Wildman–Crippen LogP) is 4.84. The van der Waals surface area contributed by atoms with Crippen LogP contribution in [-0.2, 0) is 15.7 Å². The summed E-state index contributed by atoms with van der Waals surface area (Å²) in [6, 6.07) is 14.4. The van der Waals surface area contributed by atoms with Gasteiger partial charge >= 0.3 is 6.18 Å². The first-order valence-corrected chi connectivity index (χ1v) is 11.1. The number of anilines is 3. The molecule has 0 bridgehead atoms. The number of amides is 2. The molecule has 36 heavy (non-hydrogen) atoms. The lowest BCUT2D eigenvalue weighted by molar-refractivity contribution is -0.137. The zero-order chi connectivity index (χ0) is 25.5. The van der Waals surface area contributed by atoms with Gasteiger partial charge in [-0.25, -0.2) is 4.98 Å². The summed E-state index contributed by atoms with van der Waals surface area (Å²) in [4.78, 5) is 31.2. The molecule has 2 aromatic carbocycles. The molecule has 1 aliphatic rings. The highest BCUT2D eigenvalue weighted by Gasteiger charge is 2.30. The van der Waals surface area contributed by atoms with E-state index in [1.54, 1.807) is 42.6 Å². The fourth-order valence-electron chi connectivity index (χ4n) is 3.57. The van der Waals surface area contributed by atoms with Crippen molar-refractivity contribution in [1.82, 2.24) is 4.98 Å². The maximum absolute atomic E-state index is 12.9. The van der Waals surface area contributed by atoms with Crippen LogP contribution in [0.4, 0.5) is 30.4 Å². The van der Waals surface area contributed by atoms with Crippen LogP contribution >= 0.6 is 0 Å². The van der Waals surface area contributed by atoms with Crippen molar-refractivity contribution in [3.8, 4) is 0 Å². The lowest BCUT2D eigenvalue weighted by Crippen LogP contribution is -2.36. The molecule has 1 aromatic heterocycles. The minimum atomic E-state index is -4.54. The summed E-state index contributed by atoms with van der Waals surface area (Å²) in [5, 5.41) is 5.26. The van der Waals surface area contributed by atoms with E-state index in [0.717, 1.165) is 30.9 Å². The van der Waals surface area contributed by atoms with E-state index in [9.17, 15) is 22.8 Å². The first-order chi connectivity index (χ1) is 17.3. The Morgan fingerprint density at radius 2 is 1.75 bits per heavy atom. The Hall–Kier alpha value is -4.18. The van der Waals surface area contributed by atoms with Crippen molar-refractivity contribution in [2.24, 2.45) is 0 Å². The molecule has 186 valence electrons. The maximum atomic E-state index is 12.9. The summed E-state index contributed by atoms with van der Waals surface area (Å²) < 4.78 is 44.1. The molecule has 0 spiro atoms. The van der Waals surface area contributed by atoms with E-state index in [0.29, 0.717) is 30.3 Å². The van der Waals surface area contributed by atoms with Gasteiger partial charge in [0.1, 0.15) is 5.82 Å². The number of nitrogens with one attached hydrogen (secondary N) is 2. The number of rotatable bonds is 6. The van der Waals surface area contributed by atoms with Crippen LogP contribution in [0.15, 0.2) is 72.9 Å². The number of aromatic nitrogens is 1. The lowest BCUT2D eigenvalue weighted by atomic mass is 10.1. The monoisotopic (exact) mass is 496 g/mol. The number of hydrogen-bond donors (Lipinski definition) is 2. The standard InChI is InChI=1S/C26H23F3N4O3/c27-26(28,29)20-5-2-4-19(16-20)25(35)31-21-6-1-3-18(15-21)7-10-24(34)32-23-9-8-22(17-30-23)33-11-13-36-14-12-33/h1-10,15-17H,11-14H2,(H,31,35)(H,30,32,34)/b10-7+. The van der Waals surface area contributed by atoms with Crippen molar-refractivity contribution >= 4 is 35.1 Å². The molecule has 7 nitrogen and oxygen atoms in total. The van der Waals surface area contributed by atoms with E-state index in [2.05, 4.69) is 20.5 Å². The third-order valence-electron chi connectivity index (χ3n) is 5.40. The molecule has 1 aliphatic heterocycles. The molecule has 1 fully saturated rings. The summed E-state index contributed by atoms with van der Waals surface area (Å²) in [5.74, 6) is -0.657. The Kier molecular flexibility index (Phi) is 7.65. The van der Waals surface area contributed by atoms with Crippen LogP contribution in [-0.4, -0.2) is 43.1 Å². The van der Waals surface area contributed by atoms with E-state index in [1.807, 2.05) is 6.07 Å². The summed E-state index contributed by atoms with van der Waals surface area (Å²) in [6.07, 6.45) is 0.0335. The smallest absolute Gasteiger partial charge is 0.378 e. The second kappa shape index (κ2) is 11.0. The molecule has 10 heteroatoms. The number of pyridine rings is 1. The van der Waals surface area contributed by atoms with Gasteiger partial charge in [-0.2, -0.15) is 13.2 Å². The first kappa shape index (κ1) is 24.9. The molecule has 0 radical (unpaired) electrons. The lowest BCUT2D eigenvalue weighted by Gasteiger charge is -2.28. The third kappa shape index (κ3) is 6.70. The first-order valence-electron chi connectivity index (χ1n) is 11.1. The number of morpholine rings is 1. The minimum absolute atomic E-state index is 0.114. The summed E-state index contributed by atoms with van der Waals surface area (Å²) in [7, 11) is 0. The number of nitrogens with zero attached hydrogens (tertiary/aromatic N) is 2. The van der Waals surface area contributed by atoms with Crippen molar-refractivity contribution in [3.63, 3.8) is 0 Å². The third-order valence-corrected chi connectivity index (χ3v) is 5.40. The van der Waals surface area contributed by atoms with Gasteiger partial charge in [0.25, 0.3) is 5.91 Å². The highest BCUT2D eigenvalue weighted by molar-refractivity contribution is 6.05. The molecule has 0 aliphatic carbocycles. The van der Waals surface area contributed by atoms with Crippen LogP contribution in [0.25, 0.3) is 6.08 Å². The van der Waals surface area contributed by atoms with Crippen LogP contribution in [0.1, 0.15) is 21.5 Å². The van der Waals surface area contributed by atoms with Gasteiger partial charge in [-0.3, -0.25) is 9.59 Å². The number of benzene rings is 2. The molecule has 3 aromatic rings. The molecular weight excluding hydrogens is 473 g/mol. The summed E-state index contributed by atoms with van der Waals surface area (Å²) in [5.41, 5.74) is 0.930. The molecule has 0 unspecified atom stereocenters. The molecule has 1 saturated heterocycles. The quantitative estimate of drug-likeness (QED) is 0.477. The second-order valence-electron chi connectivity index (χ2n) is 7.98. The van der Waals surface area contributed by atoms with E-state index >= 15 is 0 Å². The Morgan fingerprint density at radius 1 is 0.972 bits per heavy atom. The highest BCUT2D eigenvalue weighted by atomic mass is 19.4. The van der Waals surface area contributed by atoms with Gasteiger partial charge in [0.15, 0.2) is 0 Å². The number of ether oxygens (including phenoxy) is 1. The SMILES string of the molecule is O=C(/C=C/c1cccc(NC(=O)c2cccc(C(F)(F)F)c2)c1)Nc1ccc(N2CCOCC2)cn1. The zero-order valence-electron chi connectivity index (χ0n) is 19.1. The minimum Gasteiger partial charge on any atom is -0.378 e. The Bertz CT molecular complexity index is 1250. The zero-order valence-corrected chi connectivity index (χ0v) is 19.1. The molecule has 2 amide bonds. The average molecular weight is 496 g/mol. The molecule has 2 heterocycles. The van der Waals surface area contributed by atoms with Crippen LogP contribution in [0.3, 0.4) is 0 Å². The fourth-order valence-corrected chi connectivity index (χ4v) is 3.57. The highest BCUT2D eigenvalue weighted by Crippen LogP contribution is 2.29. The molecule has 2 N–H and O–H groups in total. The Morgan fingerprint density at radius 3 is 2.47 bits per heavy atom. The van der Waals surface area contributed by atoms with Gasteiger partial charge in [0.05, 0.1) is 30.7 Å². The van der Waals surface area contributed by atoms with E-state index in [-0.39, 0.29) is 11.5 Å². The Labute approximate surface area is 205 Å². The van der Waals surface area contributed by atoms with Crippen LogP contribution < -0.4 is 15.5 Å². The van der Waals surface area contributed by atoms with E-state index < -0.39 is 17.6 Å². The van der Waals surface area contributed by atoms with Gasteiger partial charge in [-0.15, -0.1) is 0 Å². The average Bonchev–Trinajstić information content (AvgIpc) is 2.88. The Balaban J connectivity index is 1.35. The number of carbonyl (C=O) groups excluding carboxylic acids is 2. The fraction of sp³-hybridized carbons (Fsp3) is 0.192. The van der Waals surface area contributed by atoms with Crippen molar-refractivity contribution in [2.45, 2.75) is 6.18 Å². The topological polar surface area (TPSA) is 83.6 Å². The van der Waals surface area contributed by atoms with Crippen molar-refractivity contribution in [2.75, 3.05) is 41.8 Å². The molecular formula is C26H23F3N4O3. The van der Waals surface area contributed by atoms with Crippen LogP contribution in [0, 0.1) is 0 Å². The van der Waals surface area contributed by atoms with Crippen LogP contribution in [0.5, 0.6) is 0 Å². The van der Waals surface area contributed by atoms with Gasteiger partial charge in [0.2, 0.25) is 5.91 Å². The van der Waals surface area contributed by atoms with Gasteiger partial charge in [0, 0.05) is 30.4 Å². The molecule has 0 saturated carbocycles. The van der Waals surface area contributed by atoms with Gasteiger partial charge in [-0.05, 0) is 54.1 Å². The van der Waals surface area contributed by atoms with Crippen molar-refractivity contribution in [1.29, 1.82) is 0 Å². The summed E-state index contributed by atoms with van der Waals surface area (Å²) in [6.45, 7) is 2.91. The number of carbonyl (C=O) groups is 2. The van der Waals surface area contributed by atoms with Gasteiger partial charge < -0.3 is 20.3 Å². The van der Waals surface area contributed by atoms with Gasteiger partial charge in [-0.1, -0.05) is 18.2 Å². The van der Waals surface area contributed by atoms with Crippen molar-refractivity contribution in [3.05, 3.63) is 89.6 Å². The molecule has 0 atom stereocenters. The summed E-state index contributed by atoms with van der Waals surface area (Å²) >= 11 is 0. The molecule has 4 rings (SSSR count). The normalized spacial score (nSPS) is 14.0. The number of alkyl halides is 3. The largest absolute Gasteiger partial charge is 0.416 e. The second-order valence-corrected chi connectivity index (χ2v) is 7.98. The van der Waals surface area contributed by atoms with E-state index in [4.69, 9.17) is 4.74 Å². The predicted molar refractivity (Wildman–Crippen MR) is 131 cm³/mol.